The number of alkyl halides is 1. The van der Waals surface area contributed by atoms with Crippen LogP contribution in [0.25, 0.3) is 0 Å². The first-order valence-electron chi connectivity index (χ1n) is 4.47. The summed E-state index contributed by atoms with van der Waals surface area (Å²) in [5, 5.41) is 3.49. The minimum absolute atomic E-state index is 0.197. The number of imidazole rings is 1. The number of aryl methyl sites for hydroxylation is 1. The molecule has 0 aromatic carbocycles. The molecule has 0 spiro atoms. The Morgan fingerprint density at radius 1 is 1.62 bits per heavy atom. The number of hydrogen-bond donors (Lipinski definition) is 1. The standard InChI is InChI=1S/C9H16ClN3/c1-7(10)6-8(2)12-9-11-4-5-13(9)3/h4-5,7-8H,6H2,1-3H3,(H,11,12). The first-order valence-corrected chi connectivity index (χ1v) is 4.91. The van der Waals surface area contributed by atoms with Gasteiger partial charge in [0, 0.05) is 30.9 Å². The monoisotopic (exact) mass is 201 g/mol. The van der Waals surface area contributed by atoms with E-state index < -0.39 is 0 Å². The van der Waals surface area contributed by atoms with E-state index in [1.54, 1.807) is 6.20 Å². The van der Waals surface area contributed by atoms with Gasteiger partial charge in [-0.05, 0) is 20.3 Å². The van der Waals surface area contributed by atoms with Crippen molar-refractivity contribution in [3.05, 3.63) is 12.4 Å². The molecule has 13 heavy (non-hydrogen) atoms. The number of halogens is 1. The van der Waals surface area contributed by atoms with Crippen LogP contribution in [0, 0.1) is 0 Å². The molecule has 0 amide bonds. The third kappa shape index (κ3) is 3.27. The normalized spacial score (nSPS) is 15.4. The summed E-state index contributed by atoms with van der Waals surface area (Å²) < 4.78 is 1.95. The maximum atomic E-state index is 5.89. The fraction of sp³-hybridized carbons (Fsp3) is 0.667. The van der Waals surface area contributed by atoms with E-state index >= 15 is 0 Å². The zero-order valence-electron chi connectivity index (χ0n) is 8.29. The van der Waals surface area contributed by atoms with Gasteiger partial charge in [-0.15, -0.1) is 11.6 Å². The molecule has 3 nitrogen and oxygen atoms in total. The molecule has 1 N–H and O–H groups in total. The number of anilines is 1. The van der Waals surface area contributed by atoms with Gasteiger partial charge in [0.2, 0.25) is 5.95 Å². The molecule has 0 aliphatic rings. The maximum absolute atomic E-state index is 5.89. The molecule has 1 rings (SSSR count). The Bertz CT molecular complexity index is 257. The summed E-state index contributed by atoms with van der Waals surface area (Å²) in [7, 11) is 1.96. The number of aromatic nitrogens is 2. The lowest BCUT2D eigenvalue weighted by molar-refractivity contribution is 0.683. The van der Waals surface area contributed by atoms with E-state index in [1.807, 2.05) is 24.7 Å². The van der Waals surface area contributed by atoms with Crippen LogP contribution in [0.3, 0.4) is 0 Å². The highest BCUT2D eigenvalue weighted by atomic mass is 35.5. The van der Waals surface area contributed by atoms with E-state index in [4.69, 9.17) is 11.6 Å². The lowest BCUT2D eigenvalue weighted by atomic mass is 10.2. The minimum Gasteiger partial charge on any atom is -0.353 e. The van der Waals surface area contributed by atoms with Gasteiger partial charge >= 0.3 is 0 Å². The highest BCUT2D eigenvalue weighted by Crippen LogP contribution is 2.09. The van der Waals surface area contributed by atoms with Gasteiger partial charge in [-0.2, -0.15) is 0 Å². The molecule has 2 atom stereocenters. The molecular weight excluding hydrogens is 186 g/mol. The molecule has 1 heterocycles. The Kier molecular flexibility index (Phi) is 3.60. The van der Waals surface area contributed by atoms with Gasteiger partial charge in [0.25, 0.3) is 0 Å². The van der Waals surface area contributed by atoms with Gasteiger partial charge in [0.05, 0.1) is 0 Å². The Hall–Kier alpha value is -0.700. The van der Waals surface area contributed by atoms with Crippen LogP contribution < -0.4 is 5.32 Å². The second-order valence-corrected chi connectivity index (χ2v) is 4.17. The van der Waals surface area contributed by atoms with Crippen LogP contribution in [-0.4, -0.2) is 21.0 Å². The van der Waals surface area contributed by atoms with E-state index in [-0.39, 0.29) is 5.38 Å². The number of rotatable bonds is 4. The second-order valence-electron chi connectivity index (χ2n) is 3.42. The smallest absolute Gasteiger partial charge is 0.202 e. The molecule has 0 aliphatic heterocycles. The molecular formula is C9H16ClN3. The Balaban J connectivity index is 2.45. The summed E-state index contributed by atoms with van der Waals surface area (Å²) in [5.74, 6) is 0.893. The highest BCUT2D eigenvalue weighted by molar-refractivity contribution is 6.20. The van der Waals surface area contributed by atoms with Crippen molar-refractivity contribution in [2.24, 2.45) is 7.05 Å². The topological polar surface area (TPSA) is 29.9 Å². The first kappa shape index (κ1) is 10.4. The number of nitrogens with zero attached hydrogens (tertiary/aromatic N) is 2. The molecule has 2 unspecified atom stereocenters. The molecule has 4 heteroatoms. The SMILES string of the molecule is CC(Cl)CC(C)Nc1nccn1C. The van der Waals surface area contributed by atoms with Crippen molar-refractivity contribution in [3.8, 4) is 0 Å². The van der Waals surface area contributed by atoms with Crippen molar-refractivity contribution in [1.82, 2.24) is 9.55 Å². The molecule has 0 saturated heterocycles. The average Bonchev–Trinajstić information content (AvgIpc) is 2.34. The summed E-state index contributed by atoms with van der Waals surface area (Å²) in [6.07, 6.45) is 4.63. The first-order chi connectivity index (χ1) is 6.09. The fourth-order valence-electron chi connectivity index (χ4n) is 1.27. The molecule has 0 aliphatic carbocycles. The van der Waals surface area contributed by atoms with Crippen molar-refractivity contribution in [1.29, 1.82) is 0 Å². The highest BCUT2D eigenvalue weighted by Gasteiger charge is 2.07. The van der Waals surface area contributed by atoms with Crippen LogP contribution in [0.15, 0.2) is 12.4 Å². The second kappa shape index (κ2) is 4.51. The van der Waals surface area contributed by atoms with E-state index in [1.165, 1.54) is 0 Å². The summed E-state index contributed by atoms with van der Waals surface area (Å²) in [6, 6.07) is 0.355. The zero-order chi connectivity index (χ0) is 9.84. The molecule has 0 bridgehead atoms. The summed E-state index contributed by atoms with van der Waals surface area (Å²) in [5.41, 5.74) is 0. The van der Waals surface area contributed by atoms with Crippen LogP contribution in [-0.2, 0) is 7.05 Å². The molecule has 1 aromatic heterocycles. The van der Waals surface area contributed by atoms with Gasteiger partial charge in [-0.25, -0.2) is 4.98 Å². The summed E-state index contributed by atoms with van der Waals surface area (Å²) in [6.45, 7) is 4.10. The Labute approximate surface area is 84.1 Å². The molecule has 1 aromatic rings. The van der Waals surface area contributed by atoms with Crippen molar-refractivity contribution >= 4 is 17.5 Å². The third-order valence-electron chi connectivity index (χ3n) is 1.88. The lowest BCUT2D eigenvalue weighted by Crippen LogP contribution is -2.20. The predicted octanol–water partition coefficient (Wildman–Crippen LogP) is 2.24. The molecule has 74 valence electrons. The maximum Gasteiger partial charge on any atom is 0.202 e. The zero-order valence-corrected chi connectivity index (χ0v) is 9.04. The predicted molar refractivity (Wildman–Crippen MR) is 56.2 cm³/mol. The molecule has 0 radical (unpaired) electrons. The third-order valence-corrected chi connectivity index (χ3v) is 2.05. The van der Waals surface area contributed by atoms with Gasteiger partial charge in [-0.1, -0.05) is 0 Å². The summed E-state index contributed by atoms with van der Waals surface area (Å²) >= 11 is 5.89. The van der Waals surface area contributed by atoms with E-state index in [0.29, 0.717) is 6.04 Å². The average molecular weight is 202 g/mol. The Morgan fingerprint density at radius 2 is 2.31 bits per heavy atom. The lowest BCUT2D eigenvalue weighted by Gasteiger charge is -2.15. The van der Waals surface area contributed by atoms with Crippen molar-refractivity contribution in [3.63, 3.8) is 0 Å². The van der Waals surface area contributed by atoms with Crippen molar-refractivity contribution in [2.75, 3.05) is 5.32 Å². The van der Waals surface area contributed by atoms with E-state index in [0.717, 1.165) is 12.4 Å². The van der Waals surface area contributed by atoms with Crippen LogP contribution >= 0.6 is 11.6 Å². The van der Waals surface area contributed by atoms with Crippen LogP contribution in [0.5, 0.6) is 0 Å². The van der Waals surface area contributed by atoms with Crippen LogP contribution in [0.4, 0.5) is 5.95 Å². The van der Waals surface area contributed by atoms with Gasteiger partial charge < -0.3 is 9.88 Å². The van der Waals surface area contributed by atoms with Gasteiger partial charge in [-0.3, -0.25) is 0 Å². The minimum atomic E-state index is 0.197. The summed E-state index contributed by atoms with van der Waals surface area (Å²) in [4.78, 5) is 4.17. The van der Waals surface area contributed by atoms with E-state index in [2.05, 4.69) is 17.2 Å². The van der Waals surface area contributed by atoms with E-state index in [9.17, 15) is 0 Å². The van der Waals surface area contributed by atoms with Crippen molar-refractivity contribution < 1.29 is 0 Å². The van der Waals surface area contributed by atoms with Crippen LogP contribution in [0.1, 0.15) is 20.3 Å². The van der Waals surface area contributed by atoms with Gasteiger partial charge in [0.15, 0.2) is 0 Å². The van der Waals surface area contributed by atoms with Crippen molar-refractivity contribution in [2.45, 2.75) is 31.7 Å². The number of nitrogens with one attached hydrogen (secondary N) is 1. The Morgan fingerprint density at radius 3 is 2.77 bits per heavy atom. The largest absolute Gasteiger partial charge is 0.353 e. The quantitative estimate of drug-likeness (QED) is 0.758. The number of hydrogen-bond acceptors (Lipinski definition) is 2. The van der Waals surface area contributed by atoms with Gasteiger partial charge in [0.1, 0.15) is 0 Å². The molecule has 0 saturated carbocycles. The van der Waals surface area contributed by atoms with Crippen LogP contribution in [0.2, 0.25) is 0 Å². The fourth-order valence-corrected chi connectivity index (χ4v) is 1.54. The molecule has 0 fully saturated rings.